The number of halogens is 1. The molecule has 1 aromatic carbocycles. The van der Waals surface area contributed by atoms with E-state index in [2.05, 4.69) is 10.6 Å². The Morgan fingerprint density at radius 3 is 2.55 bits per heavy atom. The van der Waals surface area contributed by atoms with E-state index in [9.17, 15) is 13.2 Å². The Morgan fingerprint density at radius 1 is 1.30 bits per heavy atom. The lowest BCUT2D eigenvalue weighted by molar-refractivity contribution is 0.0963. The molecule has 2 rings (SSSR count). The van der Waals surface area contributed by atoms with Crippen LogP contribution in [0.3, 0.4) is 0 Å². The third-order valence-corrected chi connectivity index (χ3v) is 5.41. The standard InChI is InChI=1S/C13H17ClN2O3S/c1-15-13(17)9-2-3-11(14)12(8-9)16-10-4-6-20(18,19)7-5-10/h2-3,8,10,16H,4-7H2,1H3,(H,15,17). The van der Waals surface area contributed by atoms with Gasteiger partial charge in [-0.15, -0.1) is 0 Å². The molecule has 0 unspecified atom stereocenters. The second-order valence-electron chi connectivity index (χ2n) is 4.84. The normalized spacial score (nSPS) is 18.5. The van der Waals surface area contributed by atoms with Crippen molar-refractivity contribution in [1.29, 1.82) is 0 Å². The van der Waals surface area contributed by atoms with E-state index >= 15 is 0 Å². The van der Waals surface area contributed by atoms with E-state index in [1.54, 1.807) is 25.2 Å². The number of hydrogen-bond donors (Lipinski definition) is 2. The molecule has 1 amide bonds. The van der Waals surface area contributed by atoms with Gasteiger partial charge in [0.15, 0.2) is 0 Å². The van der Waals surface area contributed by atoms with Gasteiger partial charge in [0.2, 0.25) is 0 Å². The van der Waals surface area contributed by atoms with Crippen molar-refractivity contribution >= 4 is 33.0 Å². The second-order valence-corrected chi connectivity index (χ2v) is 7.56. The predicted molar refractivity (Wildman–Crippen MR) is 80.1 cm³/mol. The minimum absolute atomic E-state index is 0.0657. The zero-order valence-corrected chi connectivity index (χ0v) is 12.7. The number of nitrogens with one attached hydrogen (secondary N) is 2. The fourth-order valence-corrected chi connectivity index (χ4v) is 3.84. The van der Waals surface area contributed by atoms with Gasteiger partial charge in [0.05, 0.1) is 22.2 Å². The topological polar surface area (TPSA) is 75.3 Å². The molecular formula is C13H17ClN2O3S. The maximum Gasteiger partial charge on any atom is 0.251 e. The number of anilines is 1. The van der Waals surface area contributed by atoms with Crippen LogP contribution in [0.2, 0.25) is 5.02 Å². The van der Waals surface area contributed by atoms with Gasteiger partial charge < -0.3 is 10.6 Å². The summed E-state index contributed by atoms with van der Waals surface area (Å²) in [5.74, 6) is 0.199. The number of carbonyl (C=O) groups is 1. The fraction of sp³-hybridized carbons (Fsp3) is 0.462. The molecule has 5 nitrogen and oxygen atoms in total. The minimum Gasteiger partial charge on any atom is -0.381 e. The molecule has 0 spiro atoms. The summed E-state index contributed by atoms with van der Waals surface area (Å²) >= 11 is 6.11. The Bertz CT molecular complexity index is 602. The van der Waals surface area contributed by atoms with Crippen molar-refractivity contribution in [1.82, 2.24) is 5.32 Å². The van der Waals surface area contributed by atoms with Gasteiger partial charge in [-0.2, -0.15) is 0 Å². The first-order chi connectivity index (χ1) is 9.41. The smallest absolute Gasteiger partial charge is 0.251 e. The molecular weight excluding hydrogens is 300 g/mol. The number of amides is 1. The molecule has 0 radical (unpaired) electrons. The molecule has 1 fully saturated rings. The van der Waals surface area contributed by atoms with Crippen LogP contribution in [0.4, 0.5) is 5.69 Å². The molecule has 20 heavy (non-hydrogen) atoms. The average molecular weight is 317 g/mol. The average Bonchev–Trinajstić information content (AvgIpc) is 2.42. The highest BCUT2D eigenvalue weighted by molar-refractivity contribution is 7.91. The molecule has 0 aromatic heterocycles. The number of sulfone groups is 1. The van der Waals surface area contributed by atoms with Gasteiger partial charge in [-0.1, -0.05) is 11.6 Å². The van der Waals surface area contributed by atoms with Gasteiger partial charge >= 0.3 is 0 Å². The van der Waals surface area contributed by atoms with E-state index in [4.69, 9.17) is 11.6 Å². The van der Waals surface area contributed by atoms with Crippen molar-refractivity contribution in [3.05, 3.63) is 28.8 Å². The van der Waals surface area contributed by atoms with Crippen molar-refractivity contribution in [2.75, 3.05) is 23.9 Å². The third kappa shape index (κ3) is 3.64. The van der Waals surface area contributed by atoms with Gasteiger partial charge in [0.1, 0.15) is 9.84 Å². The molecule has 0 aliphatic carbocycles. The van der Waals surface area contributed by atoms with E-state index < -0.39 is 9.84 Å². The van der Waals surface area contributed by atoms with Crippen LogP contribution in [-0.2, 0) is 9.84 Å². The first-order valence-electron chi connectivity index (χ1n) is 6.40. The number of hydrogen-bond acceptors (Lipinski definition) is 4. The van der Waals surface area contributed by atoms with Crippen molar-refractivity contribution < 1.29 is 13.2 Å². The van der Waals surface area contributed by atoms with E-state index in [0.29, 0.717) is 29.1 Å². The summed E-state index contributed by atoms with van der Waals surface area (Å²) in [5, 5.41) is 6.30. The lowest BCUT2D eigenvalue weighted by Crippen LogP contribution is -2.32. The van der Waals surface area contributed by atoms with Crippen LogP contribution in [0.15, 0.2) is 18.2 Å². The Morgan fingerprint density at radius 2 is 1.95 bits per heavy atom. The highest BCUT2D eigenvalue weighted by atomic mass is 35.5. The molecule has 1 heterocycles. The predicted octanol–water partition coefficient (Wildman–Crippen LogP) is 1.69. The molecule has 7 heteroatoms. The van der Waals surface area contributed by atoms with Gasteiger partial charge in [-0.3, -0.25) is 4.79 Å². The molecule has 1 aromatic rings. The van der Waals surface area contributed by atoms with E-state index in [1.807, 2.05) is 0 Å². The highest BCUT2D eigenvalue weighted by Crippen LogP contribution is 2.26. The number of rotatable bonds is 3. The van der Waals surface area contributed by atoms with Gasteiger partial charge in [0.25, 0.3) is 5.91 Å². The molecule has 0 saturated carbocycles. The van der Waals surface area contributed by atoms with E-state index in [-0.39, 0.29) is 23.5 Å². The monoisotopic (exact) mass is 316 g/mol. The Hall–Kier alpha value is -1.27. The third-order valence-electron chi connectivity index (χ3n) is 3.37. The first-order valence-corrected chi connectivity index (χ1v) is 8.60. The molecule has 1 saturated heterocycles. The Labute approximate surface area is 123 Å². The lowest BCUT2D eigenvalue weighted by atomic mass is 10.1. The van der Waals surface area contributed by atoms with Crippen LogP contribution in [0.1, 0.15) is 23.2 Å². The lowest BCUT2D eigenvalue weighted by Gasteiger charge is -2.24. The Balaban J connectivity index is 2.11. The van der Waals surface area contributed by atoms with Crippen molar-refractivity contribution in [2.24, 2.45) is 0 Å². The fourth-order valence-electron chi connectivity index (χ4n) is 2.18. The summed E-state index contributed by atoms with van der Waals surface area (Å²) in [5.41, 5.74) is 1.18. The van der Waals surface area contributed by atoms with E-state index in [0.717, 1.165) is 0 Å². The molecule has 110 valence electrons. The quantitative estimate of drug-likeness (QED) is 0.890. The maximum atomic E-state index is 11.6. The minimum atomic E-state index is -2.88. The summed E-state index contributed by atoms with van der Waals surface area (Å²) in [6, 6.07) is 5.06. The van der Waals surface area contributed by atoms with Crippen LogP contribution in [0, 0.1) is 0 Å². The van der Waals surface area contributed by atoms with Crippen LogP contribution in [0.25, 0.3) is 0 Å². The molecule has 0 atom stereocenters. The summed E-state index contributed by atoms with van der Waals surface area (Å²) in [4.78, 5) is 11.6. The van der Waals surface area contributed by atoms with Gasteiger partial charge in [-0.05, 0) is 31.0 Å². The van der Waals surface area contributed by atoms with E-state index in [1.165, 1.54) is 0 Å². The zero-order chi connectivity index (χ0) is 14.8. The van der Waals surface area contributed by atoms with Crippen LogP contribution < -0.4 is 10.6 Å². The zero-order valence-electron chi connectivity index (χ0n) is 11.1. The summed E-state index contributed by atoms with van der Waals surface area (Å²) in [6.07, 6.45) is 1.12. The summed E-state index contributed by atoms with van der Waals surface area (Å²) in [6.45, 7) is 0. The largest absolute Gasteiger partial charge is 0.381 e. The van der Waals surface area contributed by atoms with Crippen LogP contribution in [0.5, 0.6) is 0 Å². The number of benzene rings is 1. The second kappa shape index (κ2) is 6.01. The molecule has 1 aliphatic rings. The molecule has 2 N–H and O–H groups in total. The summed E-state index contributed by atoms with van der Waals surface area (Å²) < 4.78 is 22.8. The molecule has 0 bridgehead atoms. The SMILES string of the molecule is CNC(=O)c1ccc(Cl)c(NC2CCS(=O)(=O)CC2)c1. The highest BCUT2D eigenvalue weighted by Gasteiger charge is 2.24. The van der Waals surface area contributed by atoms with Gasteiger partial charge in [-0.25, -0.2) is 8.42 Å². The van der Waals surface area contributed by atoms with Crippen molar-refractivity contribution in [3.8, 4) is 0 Å². The van der Waals surface area contributed by atoms with Crippen molar-refractivity contribution in [3.63, 3.8) is 0 Å². The van der Waals surface area contributed by atoms with Gasteiger partial charge in [0, 0.05) is 18.7 Å². The summed E-state index contributed by atoms with van der Waals surface area (Å²) in [7, 11) is -1.32. The van der Waals surface area contributed by atoms with Crippen LogP contribution in [-0.4, -0.2) is 38.9 Å². The van der Waals surface area contributed by atoms with Crippen LogP contribution >= 0.6 is 11.6 Å². The van der Waals surface area contributed by atoms with Crippen molar-refractivity contribution in [2.45, 2.75) is 18.9 Å². The number of carbonyl (C=O) groups excluding carboxylic acids is 1. The first kappa shape index (κ1) is 15.1. The maximum absolute atomic E-state index is 11.6. The Kier molecular flexibility index (Phi) is 4.55. The molecule has 1 aliphatic heterocycles.